The zero-order valence-electron chi connectivity index (χ0n) is 10.3. The molecule has 0 fully saturated rings. The van der Waals surface area contributed by atoms with E-state index < -0.39 is 0 Å². The first-order chi connectivity index (χ1) is 9.65. The van der Waals surface area contributed by atoms with Gasteiger partial charge in [-0.25, -0.2) is 4.98 Å². The number of anilines is 1. The minimum Gasteiger partial charge on any atom is -0.490 e. The summed E-state index contributed by atoms with van der Waals surface area (Å²) >= 11 is 11.8. The minimum absolute atomic E-state index is 0.223. The van der Waals surface area contributed by atoms with Crippen LogP contribution in [0, 0.1) is 0 Å². The Morgan fingerprint density at radius 2 is 2.10 bits per heavy atom. The molecule has 0 saturated heterocycles. The highest BCUT2D eigenvalue weighted by Crippen LogP contribution is 2.34. The van der Waals surface area contributed by atoms with Gasteiger partial charge in [0.05, 0.1) is 12.2 Å². The fraction of sp³-hybridized carbons (Fsp3) is 0.143. The molecule has 1 amide bonds. The van der Waals surface area contributed by atoms with Crippen LogP contribution in [0.5, 0.6) is 5.75 Å². The van der Waals surface area contributed by atoms with Crippen molar-refractivity contribution >= 4 is 34.8 Å². The molecule has 0 atom stereocenters. The lowest BCUT2D eigenvalue weighted by molar-refractivity contribution is 0.0972. The van der Waals surface area contributed by atoms with E-state index in [1.807, 2.05) is 0 Å². The van der Waals surface area contributed by atoms with Crippen molar-refractivity contribution < 1.29 is 9.53 Å². The topological polar surface area (TPSA) is 42.4 Å². The Kier molecular flexibility index (Phi) is 3.51. The second kappa shape index (κ2) is 5.31. The van der Waals surface area contributed by atoms with Crippen molar-refractivity contribution in [2.24, 2.45) is 0 Å². The van der Waals surface area contributed by atoms with Gasteiger partial charge in [-0.05, 0) is 30.3 Å². The molecule has 1 aliphatic rings. The number of rotatable bonds is 1. The molecule has 0 aliphatic carbocycles. The van der Waals surface area contributed by atoms with Gasteiger partial charge in [0.1, 0.15) is 23.2 Å². The van der Waals surface area contributed by atoms with Crippen LogP contribution in [0.3, 0.4) is 0 Å². The second-order valence-corrected chi connectivity index (χ2v) is 5.09. The summed E-state index contributed by atoms with van der Waals surface area (Å²) in [6, 6.07) is 10.1. The summed E-state index contributed by atoms with van der Waals surface area (Å²) in [4.78, 5) is 18.2. The molecule has 20 heavy (non-hydrogen) atoms. The third-order valence-electron chi connectivity index (χ3n) is 2.96. The number of carbonyl (C=O) groups is 1. The molecule has 0 radical (unpaired) electrons. The molecule has 2 heterocycles. The molecule has 1 aromatic heterocycles. The van der Waals surface area contributed by atoms with Crippen molar-refractivity contribution in [2.75, 3.05) is 18.1 Å². The first-order valence-corrected chi connectivity index (χ1v) is 6.77. The number of fused-ring (bicyclic) bond motifs is 1. The van der Waals surface area contributed by atoms with Crippen LogP contribution in [0.1, 0.15) is 10.5 Å². The fourth-order valence-corrected chi connectivity index (χ4v) is 2.40. The molecule has 4 nitrogen and oxygen atoms in total. The molecular weight excluding hydrogens is 299 g/mol. The SMILES string of the molecule is O=C(c1cccc(Cl)n1)N1CCOc2ccc(Cl)cc21. The Bertz CT molecular complexity index is 676. The van der Waals surface area contributed by atoms with E-state index in [1.165, 1.54) is 0 Å². The molecule has 0 saturated carbocycles. The van der Waals surface area contributed by atoms with E-state index in [1.54, 1.807) is 41.3 Å². The maximum Gasteiger partial charge on any atom is 0.277 e. The van der Waals surface area contributed by atoms with Crippen molar-refractivity contribution in [3.8, 4) is 5.75 Å². The monoisotopic (exact) mass is 308 g/mol. The number of halogens is 2. The standard InChI is InChI=1S/C14H10Cl2N2O2/c15-9-4-5-12-11(8-9)18(6-7-20-12)14(19)10-2-1-3-13(16)17-10/h1-5,8H,6-7H2. The molecule has 102 valence electrons. The van der Waals surface area contributed by atoms with Crippen molar-refractivity contribution in [1.82, 2.24) is 4.98 Å². The Balaban J connectivity index is 2.00. The van der Waals surface area contributed by atoms with Crippen LogP contribution in [0.15, 0.2) is 36.4 Å². The van der Waals surface area contributed by atoms with Crippen LogP contribution in [-0.4, -0.2) is 24.0 Å². The molecule has 1 aromatic carbocycles. The highest BCUT2D eigenvalue weighted by Gasteiger charge is 2.25. The largest absolute Gasteiger partial charge is 0.490 e. The maximum atomic E-state index is 12.5. The van der Waals surface area contributed by atoms with Crippen LogP contribution in [-0.2, 0) is 0 Å². The molecule has 0 unspecified atom stereocenters. The summed E-state index contributed by atoms with van der Waals surface area (Å²) in [6.45, 7) is 0.876. The van der Waals surface area contributed by atoms with Gasteiger partial charge in [0, 0.05) is 5.02 Å². The summed E-state index contributed by atoms with van der Waals surface area (Å²) in [5.74, 6) is 0.412. The highest BCUT2D eigenvalue weighted by atomic mass is 35.5. The Labute approximate surface area is 125 Å². The number of amides is 1. The molecule has 3 rings (SSSR count). The Morgan fingerprint density at radius 1 is 1.25 bits per heavy atom. The number of pyridine rings is 1. The lowest BCUT2D eigenvalue weighted by atomic mass is 10.2. The summed E-state index contributed by atoms with van der Waals surface area (Å²) in [7, 11) is 0. The number of carbonyl (C=O) groups excluding carboxylic acids is 1. The average Bonchev–Trinajstić information content (AvgIpc) is 2.46. The number of aromatic nitrogens is 1. The van der Waals surface area contributed by atoms with Crippen LogP contribution >= 0.6 is 23.2 Å². The highest BCUT2D eigenvalue weighted by molar-refractivity contribution is 6.31. The van der Waals surface area contributed by atoms with E-state index in [9.17, 15) is 4.79 Å². The van der Waals surface area contributed by atoms with Crippen molar-refractivity contribution in [3.63, 3.8) is 0 Å². The van der Waals surface area contributed by atoms with E-state index in [4.69, 9.17) is 27.9 Å². The van der Waals surface area contributed by atoms with Crippen LogP contribution in [0.4, 0.5) is 5.69 Å². The first kappa shape index (κ1) is 13.2. The summed E-state index contributed by atoms with van der Waals surface area (Å²) in [5.41, 5.74) is 0.945. The van der Waals surface area contributed by atoms with E-state index in [0.29, 0.717) is 35.3 Å². The third kappa shape index (κ3) is 2.44. The second-order valence-electron chi connectivity index (χ2n) is 4.26. The van der Waals surface area contributed by atoms with Crippen LogP contribution in [0.25, 0.3) is 0 Å². The smallest absolute Gasteiger partial charge is 0.277 e. The predicted octanol–water partition coefficient (Wildman–Crippen LogP) is 3.43. The van der Waals surface area contributed by atoms with Crippen molar-refractivity contribution in [3.05, 3.63) is 52.3 Å². The average molecular weight is 309 g/mol. The molecule has 6 heteroatoms. The zero-order valence-corrected chi connectivity index (χ0v) is 11.9. The van der Waals surface area contributed by atoms with Gasteiger partial charge in [-0.2, -0.15) is 0 Å². The Morgan fingerprint density at radius 3 is 2.90 bits per heavy atom. The maximum absolute atomic E-state index is 12.5. The van der Waals surface area contributed by atoms with Gasteiger partial charge < -0.3 is 9.64 Å². The third-order valence-corrected chi connectivity index (χ3v) is 3.41. The van der Waals surface area contributed by atoms with E-state index in [0.717, 1.165) is 0 Å². The number of benzene rings is 1. The fourth-order valence-electron chi connectivity index (χ4n) is 2.07. The van der Waals surface area contributed by atoms with Gasteiger partial charge in [0.2, 0.25) is 0 Å². The van der Waals surface area contributed by atoms with Crippen molar-refractivity contribution in [2.45, 2.75) is 0 Å². The molecule has 0 N–H and O–H groups in total. The summed E-state index contributed by atoms with van der Waals surface area (Å²) < 4.78 is 5.52. The van der Waals surface area contributed by atoms with E-state index >= 15 is 0 Å². The number of hydrogen-bond donors (Lipinski definition) is 0. The van der Waals surface area contributed by atoms with Gasteiger partial charge in [0.15, 0.2) is 0 Å². The zero-order chi connectivity index (χ0) is 14.1. The summed E-state index contributed by atoms with van der Waals surface area (Å²) in [5, 5.41) is 0.835. The Hall–Kier alpha value is -1.78. The van der Waals surface area contributed by atoms with Gasteiger partial charge in [-0.3, -0.25) is 4.79 Å². The van der Waals surface area contributed by atoms with Gasteiger partial charge in [-0.1, -0.05) is 29.3 Å². The van der Waals surface area contributed by atoms with Crippen LogP contribution in [0.2, 0.25) is 10.2 Å². The van der Waals surface area contributed by atoms with Gasteiger partial charge in [0.25, 0.3) is 5.91 Å². The van der Waals surface area contributed by atoms with Gasteiger partial charge in [-0.15, -0.1) is 0 Å². The number of hydrogen-bond acceptors (Lipinski definition) is 3. The normalized spacial score (nSPS) is 13.6. The molecule has 0 spiro atoms. The van der Waals surface area contributed by atoms with E-state index in [2.05, 4.69) is 4.98 Å². The summed E-state index contributed by atoms with van der Waals surface area (Å²) in [6.07, 6.45) is 0. The lowest BCUT2D eigenvalue weighted by Gasteiger charge is -2.29. The van der Waals surface area contributed by atoms with Crippen LogP contribution < -0.4 is 9.64 Å². The minimum atomic E-state index is -0.223. The molecule has 0 bridgehead atoms. The first-order valence-electron chi connectivity index (χ1n) is 6.02. The lowest BCUT2D eigenvalue weighted by Crippen LogP contribution is -2.38. The number of ether oxygens (including phenoxy) is 1. The van der Waals surface area contributed by atoms with Crippen molar-refractivity contribution in [1.29, 1.82) is 0 Å². The molecule has 1 aliphatic heterocycles. The molecular formula is C14H10Cl2N2O2. The van der Waals surface area contributed by atoms with Gasteiger partial charge >= 0.3 is 0 Å². The number of nitrogens with zero attached hydrogens (tertiary/aromatic N) is 2. The molecule has 2 aromatic rings. The predicted molar refractivity (Wildman–Crippen MR) is 77.9 cm³/mol. The quantitative estimate of drug-likeness (QED) is 0.758. The van der Waals surface area contributed by atoms with E-state index in [-0.39, 0.29) is 11.1 Å².